The van der Waals surface area contributed by atoms with E-state index in [1.54, 1.807) is 32.9 Å². The number of carbonyl (C=O) groups is 2. The number of nitro benzene ring substituents is 1. The third-order valence-electron chi connectivity index (χ3n) is 3.41. The Hall–Kier alpha value is -2.74. The van der Waals surface area contributed by atoms with Gasteiger partial charge >= 0.3 is 11.9 Å². The van der Waals surface area contributed by atoms with Gasteiger partial charge in [-0.25, -0.2) is 9.59 Å². The van der Waals surface area contributed by atoms with Crippen molar-refractivity contribution in [1.82, 2.24) is 0 Å². The van der Waals surface area contributed by atoms with Gasteiger partial charge in [-0.3, -0.25) is 10.1 Å². The van der Waals surface area contributed by atoms with Crippen molar-refractivity contribution in [3.63, 3.8) is 0 Å². The molecular weight excluding hydrogens is 342 g/mol. The number of benzene rings is 1. The Morgan fingerprint density at radius 1 is 1.15 bits per heavy atom. The Morgan fingerprint density at radius 3 is 2.35 bits per heavy atom. The minimum atomic E-state index is -0.581. The third kappa shape index (κ3) is 5.96. The van der Waals surface area contributed by atoms with Gasteiger partial charge in [-0.15, -0.1) is 0 Å². The zero-order valence-electron chi connectivity index (χ0n) is 14.8. The first-order valence-corrected chi connectivity index (χ1v) is 8.11. The van der Waals surface area contributed by atoms with Crippen LogP contribution in [0.15, 0.2) is 36.4 Å². The van der Waals surface area contributed by atoms with Crippen LogP contribution in [0.4, 0.5) is 5.69 Å². The molecule has 0 fully saturated rings. The molecule has 2 atom stereocenters. The van der Waals surface area contributed by atoms with Gasteiger partial charge in [0.05, 0.1) is 16.6 Å². The quantitative estimate of drug-likeness (QED) is 0.331. The summed E-state index contributed by atoms with van der Waals surface area (Å²) in [5, 5.41) is 10.6. The van der Waals surface area contributed by atoms with Crippen LogP contribution in [-0.2, 0) is 19.0 Å². The second kappa shape index (κ2) is 8.09. The van der Waals surface area contributed by atoms with E-state index in [-0.39, 0.29) is 24.0 Å². The highest BCUT2D eigenvalue weighted by atomic mass is 16.6. The fourth-order valence-electron chi connectivity index (χ4n) is 2.32. The molecule has 0 aliphatic heterocycles. The summed E-state index contributed by atoms with van der Waals surface area (Å²) < 4.78 is 15.9. The van der Waals surface area contributed by atoms with Gasteiger partial charge in [-0.05, 0) is 39.0 Å². The molecular formula is C18H21NO7. The standard InChI is InChI=1S/C18H21NO7/c1-18(2,3)26-16(20)11-24-14-8-9-15(10-14)25-17(21)12-4-6-13(7-5-12)19(22)23/h4-9,14-15H,10-11H2,1-3H3/t14-,15-/m1/s1. The van der Waals surface area contributed by atoms with Crippen LogP contribution in [0.1, 0.15) is 37.6 Å². The maximum atomic E-state index is 12.1. The number of hydrogen-bond donors (Lipinski definition) is 0. The van der Waals surface area contributed by atoms with Crippen molar-refractivity contribution < 1.29 is 28.7 Å². The van der Waals surface area contributed by atoms with Crippen molar-refractivity contribution in [3.8, 4) is 0 Å². The minimum Gasteiger partial charge on any atom is -0.458 e. The molecule has 0 aromatic heterocycles. The highest BCUT2D eigenvalue weighted by Gasteiger charge is 2.25. The van der Waals surface area contributed by atoms with E-state index in [0.29, 0.717) is 6.42 Å². The summed E-state index contributed by atoms with van der Waals surface area (Å²) in [6.45, 7) is 5.13. The second-order valence-electron chi connectivity index (χ2n) is 6.80. The fraction of sp³-hybridized carbons (Fsp3) is 0.444. The molecule has 0 unspecified atom stereocenters. The van der Waals surface area contributed by atoms with Crippen LogP contribution in [0.2, 0.25) is 0 Å². The highest BCUT2D eigenvalue weighted by Crippen LogP contribution is 2.20. The van der Waals surface area contributed by atoms with Gasteiger partial charge in [0.1, 0.15) is 18.3 Å². The van der Waals surface area contributed by atoms with Crippen LogP contribution >= 0.6 is 0 Å². The SMILES string of the molecule is CC(C)(C)OC(=O)CO[C@@H]1C=C[C@@H](OC(=O)c2ccc([N+](=O)[O-])cc2)C1. The molecule has 0 bridgehead atoms. The average Bonchev–Trinajstić information content (AvgIpc) is 2.99. The number of carbonyl (C=O) groups excluding carboxylic acids is 2. The van der Waals surface area contributed by atoms with Crippen molar-refractivity contribution in [3.05, 3.63) is 52.1 Å². The molecule has 0 radical (unpaired) electrons. The summed E-state index contributed by atoms with van der Waals surface area (Å²) in [7, 11) is 0. The van der Waals surface area contributed by atoms with Crippen LogP contribution in [0, 0.1) is 10.1 Å². The molecule has 8 nitrogen and oxygen atoms in total. The number of nitrogens with zero attached hydrogens (tertiary/aromatic N) is 1. The van der Waals surface area contributed by atoms with Crippen molar-refractivity contribution >= 4 is 17.6 Å². The van der Waals surface area contributed by atoms with Crippen LogP contribution in [0.5, 0.6) is 0 Å². The molecule has 0 N–H and O–H groups in total. The Kier molecular flexibility index (Phi) is 6.10. The van der Waals surface area contributed by atoms with E-state index in [4.69, 9.17) is 14.2 Å². The molecule has 0 spiro atoms. The van der Waals surface area contributed by atoms with Crippen molar-refractivity contribution in [2.24, 2.45) is 0 Å². The topological polar surface area (TPSA) is 105 Å². The highest BCUT2D eigenvalue weighted by molar-refractivity contribution is 5.89. The molecule has 26 heavy (non-hydrogen) atoms. The minimum absolute atomic E-state index is 0.0991. The fourth-order valence-corrected chi connectivity index (χ4v) is 2.32. The van der Waals surface area contributed by atoms with Gasteiger partial charge in [0, 0.05) is 18.6 Å². The van der Waals surface area contributed by atoms with Crippen LogP contribution < -0.4 is 0 Å². The molecule has 8 heteroatoms. The van der Waals surface area contributed by atoms with Crippen LogP contribution in [0.3, 0.4) is 0 Å². The van der Waals surface area contributed by atoms with Gasteiger partial charge in [-0.1, -0.05) is 6.08 Å². The van der Waals surface area contributed by atoms with E-state index in [0.717, 1.165) is 0 Å². The van der Waals surface area contributed by atoms with Gasteiger partial charge in [0.25, 0.3) is 5.69 Å². The van der Waals surface area contributed by atoms with E-state index < -0.39 is 28.6 Å². The third-order valence-corrected chi connectivity index (χ3v) is 3.41. The molecule has 1 aromatic carbocycles. The first-order valence-electron chi connectivity index (χ1n) is 8.11. The Labute approximate surface area is 150 Å². The van der Waals surface area contributed by atoms with Crippen LogP contribution in [-0.4, -0.2) is 41.3 Å². The Morgan fingerprint density at radius 2 is 1.77 bits per heavy atom. The first-order chi connectivity index (χ1) is 12.1. The predicted octanol–water partition coefficient (Wildman–Crippen LogP) is 2.81. The second-order valence-corrected chi connectivity index (χ2v) is 6.80. The zero-order valence-corrected chi connectivity index (χ0v) is 14.8. The van der Waals surface area contributed by atoms with E-state index in [9.17, 15) is 19.7 Å². The van der Waals surface area contributed by atoms with E-state index >= 15 is 0 Å². The monoisotopic (exact) mass is 363 g/mol. The lowest BCUT2D eigenvalue weighted by molar-refractivity contribution is -0.384. The summed E-state index contributed by atoms with van der Waals surface area (Å²) in [5.74, 6) is -1.04. The predicted molar refractivity (Wildman–Crippen MR) is 91.6 cm³/mol. The first kappa shape index (κ1) is 19.6. The molecule has 0 amide bonds. The number of rotatable bonds is 6. The molecule has 1 aromatic rings. The van der Waals surface area contributed by atoms with Crippen molar-refractivity contribution in [2.45, 2.75) is 45.0 Å². The van der Waals surface area contributed by atoms with Crippen LogP contribution in [0.25, 0.3) is 0 Å². The lowest BCUT2D eigenvalue weighted by Crippen LogP contribution is -2.28. The molecule has 0 saturated heterocycles. The summed E-state index contributed by atoms with van der Waals surface area (Å²) in [6.07, 6.45) is 2.96. The zero-order chi connectivity index (χ0) is 19.3. The summed E-state index contributed by atoms with van der Waals surface area (Å²) in [4.78, 5) is 33.8. The molecule has 0 heterocycles. The number of hydrogen-bond acceptors (Lipinski definition) is 7. The molecule has 1 aliphatic rings. The van der Waals surface area contributed by atoms with Crippen molar-refractivity contribution in [1.29, 1.82) is 0 Å². The average molecular weight is 363 g/mol. The summed E-state index contributed by atoms with van der Waals surface area (Å²) >= 11 is 0. The van der Waals surface area contributed by atoms with Crippen molar-refractivity contribution in [2.75, 3.05) is 6.61 Å². The maximum Gasteiger partial charge on any atom is 0.338 e. The normalized spacial score (nSPS) is 19.2. The number of ether oxygens (including phenoxy) is 3. The smallest absolute Gasteiger partial charge is 0.338 e. The summed E-state index contributed by atoms with van der Waals surface area (Å²) in [5.41, 5.74) is -0.450. The number of non-ortho nitro benzene ring substituents is 1. The van der Waals surface area contributed by atoms with Gasteiger partial charge in [0.15, 0.2) is 0 Å². The van der Waals surface area contributed by atoms with E-state index in [1.807, 2.05) is 0 Å². The maximum absolute atomic E-state index is 12.1. The Bertz CT molecular complexity index is 703. The molecule has 0 saturated carbocycles. The lowest BCUT2D eigenvalue weighted by atomic mass is 10.2. The largest absolute Gasteiger partial charge is 0.458 e. The van der Waals surface area contributed by atoms with Gasteiger partial charge < -0.3 is 14.2 Å². The Balaban J connectivity index is 1.78. The summed E-state index contributed by atoms with van der Waals surface area (Å²) in [6, 6.07) is 5.17. The molecule has 1 aliphatic carbocycles. The molecule has 2 rings (SSSR count). The van der Waals surface area contributed by atoms with E-state index in [1.165, 1.54) is 24.3 Å². The number of esters is 2. The van der Waals surface area contributed by atoms with Gasteiger partial charge in [0.2, 0.25) is 0 Å². The van der Waals surface area contributed by atoms with E-state index in [2.05, 4.69) is 0 Å². The molecule has 140 valence electrons. The lowest BCUT2D eigenvalue weighted by Gasteiger charge is -2.20. The number of nitro groups is 1. The van der Waals surface area contributed by atoms with Gasteiger partial charge in [-0.2, -0.15) is 0 Å².